The summed E-state index contributed by atoms with van der Waals surface area (Å²) in [6.45, 7) is 2.12. The van der Waals surface area contributed by atoms with Gasteiger partial charge in [-0.25, -0.2) is 0 Å². The molecule has 1 fully saturated rings. The molecule has 88 valence electrons. The average molecular weight is 218 g/mol. The van der Waals surface area contributed by atoms with E-state index in [2.05, 4.69) is 36.6 Å². The van der Waals surface area contributed by atoms with Crippen LogP contribution in [0.3, 0.4) is 0 Å². The SMILES string of the molecule is Cc1ccc(C(CC2CCCC2)NN)cc1. The highest BCUT2D eigenvalue weighted by atomic mass is 15.2. The van der Waals surface area contributed by atoms with Crippen molar-refractivity contribution in [3.63, 3.8) is 0 Å². The standard InChI is InChI=1S/C14H22N2/c1-11-6-8-13(9-7-11)14(16-15)10-12-4-2-3-5-12/h6-9,12,14,16H,2-5,10,15H2,1H3. The lowest BCUT2D eigenvalue weighted by Gasteiger charge is -2.20. The van der Waals surface area contributed by atoms with Gasteiger partial charge in [-0.05, 0) is 24.8 Å². The van der Waals surface area contributed by atoms with Gasteiger partial charge in [0, 0.05) is 6.04 Å². The van der Waals surface area contributed by atoms with Crippen LogP contribution in [0, 0.1) is 12.8 Å². The molecule has 2 rings (SSSR count). The summed E-state index contributed by atoms with van der Waals surface area (Å²) in [5.41, 5.74) is 5.59. The molecule has 0 amide bonds. The van der Waals surface area contributed by atoms with E-state index in [9.17, 15) is 0 Å². The van der Waals surface area contributed by atoms with E-state index in [1.807, 2.05) is 0 Å². The average Bonchev–Trinajstić information content (AvgIpc) is 2.80. The number of hydrazine groups is 1. The highest BCUT2D eigenvalue weighted by Crippen LogP contribution is 2.32. The number of aryl methyl sites for hydroxylation is 1. The fraction of sp³-hybridized carbons (Fsp3) is 0.571. The second-order valence-corrected chi connectivity index (χ2v) is 5.02. The zero-order valence-corrected chi connectivity index (χ0v) is 10.1. The summed E-state index contributed by atoms with van der Waals surface area (Å²) in [5.74, 6) is 6.53. The maximum Gasteiger partial charge on any atom is 0.0462 e. The summed E-state index contributed by atoms with van der Waals surface area (Å²) in [6, 6.07) is 9.02. The van der Waals surface area contributed by atoms with E-state index in [4.69, 9.17) is 5.84 Å². The molecule has 0 aliphatic heterocycles. The van der Waals surface area contributed by atoms with Crippen molar-refractivity contribution in [1.82, 2.24) is 5.43 Å². The van der Waals surface area contributed by atoms with Gasteiger partial charge in [0.25, 0.3) is 0 Å². The molecule has 1 aromatic carbocycles. The maximum absolute atomic E-state index is 5.67. The molecule has 0 spiro atoms. The van der Waals surface area contributed by atoms with Gasteiger partial charge in [-0.1, -0.05) is 55.5 Å². The molecule has 1 atom stereocenters. The zero-order valence-electron chi connectivity index (χ0n) is 10.1. The van der Waals surface area contributed by atoms with Crippen molar-refractivity contribution in [2.24, 2.45) is 11.8 Å². The van der Waals surface area contributed by atoms with Gasteiger partial charge in [0.2, 0.25) is 0 Å². The number of hydrogen-bond acceptors (Lipinski definition) is 2. The molecule has 1 saturated carbocycles. The van der Waals surface area contributed by atoms with E-state index in [0.717, 1.165) is 5.92 Å². The minimum atomic E-state index is 0.323. The summed E-state index contributed by atoms with van der Waals surface area (Å²) in [4.78, 5) is 0. The molecule has 1 unspecified atom stereocenters. The third-order valence-electron chi connectivity index (χ3n) is 3.72. The molecule has 3 N–H and O–H groups in total. The Labute approximate surface area is 98.2 Å². The second kappa shape index (κ2) is 5.46. The Bertz CT molecular complexity index is 312. The summed E-state index contributed by atoms with van der Waals surface area (Å²) in [7, 11) is 0. The number of nitrogens with one attached hydrogen (secondary N) is 1. The van der Waals surface area contributed by atoms with Crippen molar-refractivity contribution in [3.05, 3.63) is 35.4 Å². The fourth-order valence-corrected chi connectivity index (χ4v) is 2.68. The first-order valence-corrected chi connectivity index (χ1v) is 6.32. The summed E-state index contributed by atoms with van der Waals surface area (Å²) in [6.07, 6.45) is 6.74. The van der Waals surface area contributed by atoms with Crippen LogP contribution in [-0.2, 0) is 0 Å². The molecule has 0 bridgehead atoms. The van der Waals surface area contributed by atoms with Crippen molar-refractivity contribution in [2.75, 3.05) is 0 Å². The van der Waals surface area contributed by atoms with Gasteiger partial charge in [0.1, 0.15) is 0 Å². The molecule has 0 aromatic heterocycles. The Morgan fingerprint density at radius 2 is 1.88 bits per heavy atom. The van der Waals surface area contributed by atoms with E-state index in [0.29, 0.717) is 6.04 Å². The molecular weight excluding hydrogens is 196 g/mol. The minimum Gasteiger partial charge on any atom is -0.271 e. The normalized spacial score (nSPS) is 18.9. The van der Waals surface area contributed by atoms with Crippen molar-refractivity contribution in [1.29, 1.82) is 0 Å². The van der Waals surface area contributed by atoms with Crippen molar-refractivity contribution in [2.45, 2.75) is 45.1 Å². The Balaban J connectivity index is 2.00. The maximum atomic E-state index is 5.67. The Hall–Kier alpha value is -0.860. The van der Waals surface area contributed by atoms with Gasteiger partial charge < -0.3 is 0 Å². The molecule has 2 heteroatoms. The number of nitrogens with two attached hydrogens (primary N) is 1. The van der Waals surface area contributed by atoms with Crippen LogP contribution in [0.4, 0.5) is 0 Å². The topological polar surface area (TPSA) is 38.0 Å². The predicted molar refractivity (Wildman–Crippen MR) is 67.8 cm³/mol. The Morgan fingerprint density at radius 1 is 1.25 bits per heavy atom. The lowest BCUT2D eigenvalue weighted by Crippen LogP contribution is -2.29. The lowest BCUT2D eigenvalue weighted by molar-refractivity contribution is 0.400. The second-order valence-electron chi connectivity index (χ2n) is 5.02. The highest BCUT2D eigenvalue weighted by Gasteiger charge is 2.20. The first-order chi connectivity index (χ1) is 7.79. The summed E-state index contributed by atoms with van der Waals surface area (Å²) >= 11 is 0. The lowest BCUT2D eigenvalue weighted by atomic mass is 9.93. The van der Waals surface area contributed by atoms with Gasteiger partial charge in [-0.3, -0.25) is 11.3 Å². The summed E-state index contributed by atoms with van der Waals surface area (Å²) in [5, 5.41) is 0. The van der Waals surface area contributed by atoms with Crippen LogP contribution < -0.4 is 11.3 Å². The highest BCUT2D eigenvalue weighted by molar-refractivity contribution is 5.24. The van der Waals surface area contributed by atoms with Gasteiger partial charge >= 0.3 is 0 Å². The number of hydrogen-bond donors (Lipinski definition) is 2. The van der Waals surface area contributed by atoms with Crippen molar-refractivity contribution < 1.29 is 0 Å². The zero-order chi connectivity index (χ0) is 11.4. The van der Waals surface area contributed by atoms with E-state index in [1.54, 1.807) is 0 Å². The monoisotopic (exact) mass is 218 g/mol. The first kappa shape index (κ1) is 11.6. The van der Waals surface area contributed by atoms with Crippen LogP contribution >= 0.6 is 0 Å². The molecule has 0 radical (unpaired) electrons. The van der Waals surface area contributed by atoms with Crippen molar-refractivity contribution in [3.8, 4) is 0 Å². The van der Waals surface area contributed by atoms with Crippen molar-refractivity contribution >= 4 is 0 Å². The largest absolute Gasteiger partial charge is 0.271 e. The molecule has 1 aromatic rings. The summed E-state index contributed by atoms with van der Waals surface area (Å²) < 4.78 is 0. The van der Waals surface area contributed by atoms with E-state index in [-0.39, 0.29) is 0 Å². The van der Waals surface area contributed by atoms with Crippen LogP contribution in [0.15, 0.2) is 24.3 Å². The van der Waals surface area contributed by atoms with E-state index >= 15 is 0 Å². The first-order valence-electron chi connectivity index (χ1n) is 6.32. The molecule has 0 heterocycles. The van der Waals surface area contributed by atoms with Gasteiger partial charge in [-0.2, -0.15) is 0 Å². The molecule has 1 aliphatic rings. The Morgan fingerprint density at radius 3 is 2.44 bits per heavy atom. The number of rotatable bonds is 4. The predicted octanol–water partition coefficient (Wildman–Crippen LogP) is 3.08. The van der Waals surface area contributed by atoms with Crippen LogP contribution in [0.25, 0.3) is 0 Å². The van der Waals surface area contributed by atoms with E-state index in [1.165, 1.54) is 43.2 Å². The van der Waals surface area contributed by atoms with Crippen LogP contribution in [0.1, 0.15) is 49.3 Å². The smallest absolute Gasteiger partial charge is 0.0462 e. The Kier molecular flexibility index (Phi) is 3.97. The fourth-order valence-electron chi connectivity index (χ4n) is 2.68. The molecule has 1 aliphatic carbocycles. The van der Waals surface area contributed by atoms with E-state index < -0.39 is 0 Å². The van der Waals surface area contributed by atoms with Crippen LogP contribution in [-0.4, -0.2) is 0 Å². The molecule has 0 saturated heterocycles. The van der Waals surface area contributed by atoms with Gasteiger partial charge in [0.15, 0.2) is 0 Å². The van der Waals surface area contributed by atoms with Gasteiger partial charge in [0.05, 0.1) is 0 Å². The van der Waals surface area contributed by atoms with Gasteiger partial charge in [-0.15, -0.1) is 0 Å². The third kappa shape index (κ3) is 2.83. The van der Waals surface area contributed by atoms with Crippen LogP contribution in [0.5, 0.6) is 0 Å². The molecular formula is C14H22N2. The van der Waals surface area contributed by atoms with Crippen LogP contribution in [0.2, 0.25) is 0 Å². The molecule has 2 nitrogen and oxygen atoms in total. The minimum absolute atomic E-state index is 0.323. The molecule has 16 heavy (non-hydrogen) atoms. The quantitative estimate of drug-likeness (QED) is 0.602. The third-order valence-corrected chi connectivity index (χ3v) is 3.72. The number of benzene rings is 1.